The molecule has 0 fully saturated rings. The van der Waals surface area contributed by atoms with Crippen molar-refractivity contribution in [1.82, 2.24) is 10.2 Å². The molecule has 0 spiro atoms. The van der Waals surface area contributed by atoms with Gasteiger partial charge in [0.2, 0.25) is 21.8 Å². The standard InChI is InChI=1S/C28H30BrCl2N3O4S/c1-3-15-32-28(36)26(17-20-9-5-4-6-10-20)33(18-21-13-14-23(30)24(31)16-21)27(35)19-34(39(2,37)38)25-12-8-7-11-22(25)29/h4-14,16,26H,3,15,17-19H2,1-2H3,(H,32,36). The lowest BCUT2D eigenvalue weighted by Gasteiger charge is -2.33. The number of rotatable bonds is 12. The van der Waals surface area contributed by atoms with E-state index in [1.807, 2.05) is 37.3 Å². The molecule has 2 amide bonds. The van der Waals surface area contributed by atoms with E-state index in [-0.39, 0.29) is 18.9 Å². The van der Waals surface area contributed by atoms with E-state index in [0.717, 1.165) is 16.1 Å². The lowest BCUT2D eigenvalue weighted by atomic mass is 10.0. The van der Waals surface area contributed by atoms with Crippen LogP contribution in [0.4, 0.5) is 5.69 Å². The van der Waals surface area contributed by atoms with Gasteiger partial charge in [0.15, 0.2) is 0 Å². The molecule has 0 aliphatic rings. The zero-order chi connectivity index (χ0) is 28.6. The number of hydrogen-bond acceptors (Lipinski definition) is 4. The topological polar surface area (TPSA) is 86.8 Å². The predicted octanol–water partition coefficient (Wildman–Crippen LogP) is 5.69. The number of carbonyl (C=O) groups is 2. The molecule has 0 heterocycles. The van der Waals surface area contributed by atoms with E-state index in [9.17, 15) is 18.0 Å². The number of halogens is 3. The molecule has 3 aromatic carbocycles. The molecule has 0 bridgehead atoms. The normalized spacial score (nSPS) is 12.0. The van der Waals surface area contributed by atoms with Crippen molar-refractivity contribution < 1.29 is 18.0 Å². The van der Waals surface area contributed by atoms with Crippen molar-refractivity contribution in [1.29, 1.82) is 0 Å². The average Bonchev–Trinajstić information content (AvgIpc) is 2.90. The van der Waals surface area contributed by atoms with Gasteiger partial charge in [-0.1, -0.05) is 78.7 Å². The van der Waals surface area contributed by atoms with E-state index in [2.05, 4.69) is 21.2 Å². The summed E-state index contributed by atoms with van der Waals surface area (Å²) in [5.41, 5.74) is 1.82. The SMILES string of the molecule is CCCNC(=O)C(Cc1ccccc1)N(Cc1ccc(Cl)c(Cl)c1)C(=O)CN(c1ccccc1Br)S(C)(=O)=O. The fourth-order valence-electron chi connectivity index (χ4n) is 4.00. The molecule has 7 nitrogen and oxygen atoms in total. The van der Waals surface area contributed by atoms with Gasteiger partial charge >= 0.3 is 0 Å². The smallest absolute Gasteiger partial charge is 0.244 e. The Morgan fingerprint density at radius 3 is 2.23 bits per heavy atom. The Morgan fingerprint density at radius 1 is 0.949 bits per heavy atom. The summed E-state index contributed by atoms with van der Waals surface area (Å²) in [6, 6.07) is 20.2. The van der Waals surface area contributed by atoms with Crippen LogP contribution < -0.4 is 9.62 Å². The van der Waals surface area contributed by atoms with Crippen molar-refractivity contribution in [3.8, 4) is 0 Å². The van der Waals surface area contributed by atoms with Gasteiger partial charge in [-0.15, -0.1) is 0 Å². The van der Waals surface area contributed by atoms with E-state index in [1.54, 1.807) is 42.5 Å². The minimum atomic E-state index is -3.86. The Balaban J connectivity index is 2.07. The number of nitrogens with zero attached hydrogens (tertiary/aromatic N) is 2. The fraction of sp³-hybridized carbons (Fsp3) is 0.286. The van der Waals surface area contributed by atoms with Gasteiger partial charge in [-0.2, -0.15) is 0 Å². The third-order valence-corrected chi connectivity index (χ3v) is 8.49. The molecule has 0 radical (unpaired) electrons. The van der Waals surface area contributed by atoms with Gasteiger partial charge in [0, 0.05) is 24.0 Å². The van der Waals surface area contributed by atoms with Crippen molar-refractivity contribution >= 4 is 66.7 Å². The van der Waals surface area contributed by atoms with Crippen molar-refractivity contribution in [2.75, 3.05) is 23.7 Å². The van der Waals surface area contributed by atoms with Gasteiger partial charge in [-0.05, 0) is 57.7 Å². The molecule has 3 rings (SSSR count). The largest absolute Gasteiger partial charge is 0.354 e. The zero-order valence-electron chi connectivity index (χ0n) is 21.6. The number of nitrogens with one attached hydrogen (secondary N) is 1. The van der Waals surface area contributed by atoms with Crippen LogP contribution in [0, 0.1) is 0 Å². The Kier molecular flexibility index (Phi) is 11.2. The molecule has 1 atom stereocenters. The van der Waals surface area contributed by atoms with E-state index in [1.165, 1.54) is 4.90 Å². The monoisotopic (exact) mass is 653 g/mol. The molecule has 39 heavy (non-hydrogen) atoms. The highest BCUT2D eigenvalue weighted by Gasteiger charge is 2.33. The quantitative estimate of drug-likeness (QED) is 0.272. The van der Waals surface area contributed by atoms with Gasteiger partial charge < -0.3 is 10.2 Å². The summed E-state index contributed by atoms with van der Waals surface area (Å²) in [4.78, 5) is 28.9. The second-order valence-electron chi connectivity index (χ2n) is 8.99. The summed E-state index contributed by atoms with van der Waals surface area (Å²) in [6.07, 6.45) is 1.99. The summed E-state index contributed by atoms with van der Waals surface area (Å²) >= 11 is 15.7. The summed E-state index contributed by atoms with van der Waals surface area (Å²) in [5, 5.41) is 3.57. The highest BCUT2D eigenvalue weighted by molar-refractivity contribution is 9.10. The third-order valence-electron chi connectivity index (χ3n) is 5.96. The molecule has 0 aliphatic heterocycles. The molecule has 0 aliphatic carbocycles. The van der Waals surface area contributed by atoms with Crippen LogP contribution in [-0.2, 0) is 32.6 Å². The summed E-state index contributed by atoms with van der Waals surface area (Å²) < 4.78 is 27.2. The van der Waals surface area contributed by atoms with Crippen LogP contribution in [0.15, 0.2) is 77.3 Å². The van der Waals surface area contributed by atoms with Crippen LogP contribution in [0.5, 0.6) is 0 Å². The second kappa shape index (κ2) is 14.2. The molecule has 1 N–H and O–H groups in total. The number of hydrogen-bond donors (Lipinski definition) is 1. The van der Waals surface area contributed by atoms with Gasteiger partial charge in [0.1, 0.15) is 12.6 Å². The number of para-hydroxylation sites is 1. The number of anilines is 1. The fourth-order valence-corrected chi connectivity index (χ4v) is 5.80. The van der Waals surface area contributed by atoms with Crippen molar-refractivity contribution in [2.24, 2.45) is 0 Å². The Morgan fingerprint density at radius 2 is 1.62 bits per heavy atom. The van der Waals surface area contributed by atoms with Crippen LogP contribution in [0.2, 0.25) is 10.0 Å². The molecule has 0 saturated carbocycles. The number of amides is 2. The van der Waals surface area contributed by atoms with Crippen LogP contribution in [0.25, 0.3) is 0 Å². The number of carbonyl (C=O) groups excluding carboxylic acids is 2. The van der Waals surface area contributed by atoms with Gasteiger partial charge in [0.25, 0.3) is 0 Å². The van der Waals surface area contributed by atoms with Gasteiger partial charge in [0.05, 0.1) is 22.0 Å². The first kappa shape index (κ1) is 30.9. The van der Waals surface area contributed by atoms with Crippen LogP contribution in [0.3, 0.4) is 0 Å². The van der Waals surface area contributed by atoms with Crippen LogP contribution in [-0.4, -0.2) is 50.5 Å². The first-order valence-electron chi connectivity index (χ1n) is 12.3. The zero-order valence-corrected chi connectivity index (χ0v) is 25.5. The molecular formula is C28H30BrCl2N3O4S. The first-order chi connectivity index (χ1) is 18.5. The summed E-state index contributed by atoms with van der Waals surface area (Å²) in [5.74, 6) is -0.879. The molecule has 3 aromatic rings. The van der Waals surface area contributed by atoms with E-state index < -0.39 is 28.5 Å². The second-order valence-corrected chi connectivity index (χ2v) is 12.6. The average molecular weight is 655 g/mol. The predicted molar refractivity (Wildman–Crippen MR) is 161 cm³/mol. The van der Waals surface area contributed by atoms with Gasteiger partial charge in [-0.3, -0.25) is 13.9 Å². The van der Waals surface area contributed by atoms with E-state index in [4.69, 9.17) is 23.2 Å². The maximum atomic E-state index is 14.0. The summed E-state index contributed by atoms with van der Waals surface area (Å²) in [7, 11) is -3.86. The number of benzene rings is 3. The van der Waals surface area contributed by atoms with Gasteiger partial charge in [-0.25, -0.2) is 8.42 Å². The highest BCUT2D eigenvalue weighted by atomic mass is 79.9. The van der Waals surface area contributed by atoms with Crippen molar-refractivity contribution in [2.45, 2.75) is 32.4 Å². The molecule has 0 saturated heterocycles. The molecule has 1 unspecified atom stereocenters. The van der Waals surface area contributed by atoms with Crippen LogP contribution in [0.1, 0.15) is 24.5 Å². The number of sulfonamides is 1. The highest BCUT2D eigenvalue weighted by Crippen LogP contribution is 2.29. The third kappa shape index (κ3) is 8.70. The molecular weight excluding hydrogens is 625 g/mol. The van der Waals surface area contributed by atoms with Crippen LogP contribution >= 0.6 is 39.1 Å². The van der Waals surface area contributed by atoms with E-state index in [0.29, 0.717) is 38.7 Å². The van der Waals surface area contributed by atoms with Crippen molar-refractivity contribution in [3.05, 3.63) is 98.4 Å². The Bertz CT molecular complexity index is 1410. The minimum Gasteiger partial charge on any atom is -0.354 e. The maximum Gasteiger partial charge on any atom is 0.244 e. The maximum absolute atomic E-state index is 14.0. The van der Waals surface area contributed by atoms with Crippen molar-refractivity contribution in [3.63, 3.8) is 0 Å². The molecule has 0 aromatic heterocycles. The lowest BCUT2D eigenvalue weighted by molar-refractivity contribution is -0.140. The Labute approximate surface area is 248 Å². The first-order valence-corrected chi connectivity index (χ1v) is 15.7. The lowest BCUT2D eigenvalue weighted by Crippen LogP contribution is -2.53. The molecule has 208 valence electrons. The molecule has 11 heteroatoms. The summed E-state index contributed by atoms with van der Waals surface area (Å²) in [6.45, 7) is 1.88. The Hall–Kier alpha value is -2.59. The minimum absolute atomic E-state index is 0.0142. The van der Waals surface area contributed by atoms with E-state index >= 15 is 0 Å².